The van der Waals surface area contributed by atoms with Gasteiger partial charge >= 0.3 is 0 Å². The minimum Gasteiger partial charge on any atom is -0.383 e. The zero-order chi connectivity index (χ0) is 15.3. The van der Waals surface area contributed by atoms with Gasteiger partial charge in [0.05, 0.1) is 4.90 Å². The molecule has 0 spiro atoms. The van der Waals surface area contributed by atoms with E-state index in [0.29, 0.717) is 13.1 Å². The van der Waals surface area contributed by atoms with E-state index in [2.05, 4.69) is 10.6 Å². The largest absolute Gasteiger partial charge is 0.383 e. The van der Waals surface area contributed by atoms with E-state index < -0.39 is 10.0 Å². The van der Waals surface area contributed by atoms with Crippen LogP contribution in [0.1, 0.15) is 0 Å². The third-order valence-corrected chi connectivity index (χ3v) is 3.74. The second-order valence-electron chi connectivity index (χ2n) is 4.43. The highest BCUT2D eigenvalue weighted by molar-refractivity contribution is 7.89. The minimum absolute atomic E-state index is 0.0810. The number of halogens is 1. The predicted molar refractivity (Wildman–Crippen MR) is 81.2 cm³/mol. The maximum atomic E-state index is 12.7. The third-order valence-electron chi connectivity index (χ3n) is 2.81. The molecule has 0 atom stereocenters. The number of hydrogen-bond donors (Lipinski definition) is 3. The Labute approximate surface area is 123 Å². The fourth-order valence-corrected chi connectivity index (χ4v) is 2.26. The zero-order valence-corrected chi connectivity index (χ0v) is 12.0. The number of hydrogen-bond acceptors (Lipinski definition) is 4. The van der Waals surface area contributed by atoms with Crippen molar-refractivity contribution in [3.05, 3.63) is 54.3 Å². The van der Waals surface area contributed by atoms with Gasteiger partial charge in [0.2, 0.25) is 10.0 Å². The predicted octanol–water partition coefficient (Wildman–Crippen LogP) is 2.00. The fraction of sp³-hybridized carbons (Fsp3) is 0.143. The van der Waals surface area contributed by atoms with E-state index in [1.807, 2.05) is 0 Å². The Balaban J connectivity index is 1.80. The van der Waals surface area contributed by atoms with Crippen molar-refractivity contribution in [2.24, 2.45) is 5.14 Å². The molecule has 2 aromatic carbocycles. The molecule has 0 aliphatic heterocycles. The van der Waals surface area contributed by atoms with Crippen molar-refractivity contribution < 1.29 is 12.8 Å². The number of nitrogens with one attached hydrogen (secondary N) is 2. The molecule has 0 amide bonds. The molecule has 2 aromatic rings. The highest BCUT2D eigenvalue weighted by Gasteiger charge is 2.06. The van der Waals surface area contributed by atoms with Crippen LogP contribution in [0.15, 0.2) is 53.4 Å². The Morgan fingerprint density at radius 2 is 1.29 bits per heavy atom. The summed E-state index contributed by atoms with van der Waals surface area (Å²) in [5.41, 5.74) is 1.63. The van der Waals surface area contributed by atoms with Crippen LogP contribution in [0.25, 0.3) is 0 Å². The first-order valence-corrected chi connectivity index (χ1v) is 7.86. The number of sulfonamides is 1. The number of benzene rings is 2. The monoisotopic (exact) mass is 309 g/mol. The van der Waals surface area contributed by atoms with Crippen molar-refractivity contribution in [3.8, 4) is 0 Å². The molecule has 4 N–H and O–H groups in total. The van der Waals surface area contributed by atoms with Gasteiger partial charge in [0, 0.05) is 24.5 Å². The first-order chi connectivity index (χ1) is 9.95. The Morgan fingerprint density at radius 1 is 0.857 bits per heavy atom. The van der Waals surface area contributed by atoms with Crippen LogP contribution in [0.3, 0.4) is 0 Å². The van der Waals surface area contributed by atoms with Gasteiger partial charge in [0.1, 0.15) is 5.82 Å². The molecular formula is C14H16FN3O2S. The van der Waals surface area contributed by atoms with Gasteiger partial charge < -0.3 is 10.6 Å². The lowest BCUT2D eigenvalue weighted by atomic mass is 10.3. The summed E-state index contributed by atoms with van der Waals surface area (Å²) in [5, 5.41) is 11.3. The van der Waals surface area contributed by atoms with Crippen LogP contribution in [-0.4, -0.2) is 21.5 Å². The van der Waals surface area contributed by atoms with E-state index in [0.717, 1.165) is 11.4 Å². The number of anilines is 2. The Hall–Kier alpha value is -2.12. The molecule has 2 rings (SSSR count). The molecule has 0 aromatic heterocycles. The molecule has 0 aliphatic carbocycles. The van der Waals surface area contributed by atoms with E-state index >= 15 is 0 Å². The third kappa shape index (κ3) is 4.73. The normalized spacial score (nSPS) is 11.1. The van der Waals surface area contributed by atoms with Crippen molar-refractivity contribution in [1.82, 2.24) is 0 Å². The van der Waals surface area contributed by atoms with E-state index in [-0.39, 0.29) is 10.7 Å². The van der Waals surface area contributed by atoms with Gasteiger partial charge in [0.25, 0.3) is 0 Å². The molecule has 0 saturated carbocycles. The molecule has 0 fully saturated rings. The Bertz CT molecular complexity index is 685. The molecule has 0 unspecified atom stereocenters. The molecule has 0 radical (unpaired) electrons. The van der Waals surface area contributed by atoms with Gasteiger partial charge in [-0.15, -0.1) is 0 Å². The number of primary sulfonamides is 1. The van der Waals surface area contributed by atoms with E-state index in [9.17, 15) is 12.8 Å². The molecule has 0 saturated heterocycles. The van der Waals surface area contributed by atoms with Crippen LogP contribution in [-0.2, 0) is 10.0 Å². The van der Waals surface area contributed by atoms with E-state index in [4.69, 9.17) is 5.14 Å². The smallest absolute Gasteiger partial charge is 0.238 e. The second-order valence-corrected chi connectivity index (χ2v) is 5.99. The zero-order valence-electron chi connectivity index (χ0n) is 11.2. The average molecular weight is 309 g/mol. The standard InChI is InChI=1S/C14H16FN3O2S/c15-11-1-3-12(4-2-11)17-9-10-18-13-5-7-14(8-6-13)21(16,19)20/h1-8,17-18H,9-10H2,(H2,16,19,20). The second kappa shape index (κ2) is 6.55. The topological polar surface area (TPSA) is 84.2 Å². The summed E-state index contributed by atoms with van der Waals surface area (Å²) in [4.78, 5) is 0.0810. The molecule has 0 heterocycles. The summed E-state index contributed by atoms with van der Waals surface area (Å²) in [6, 6.07) is 12.3. The van der Waals surface area contributed by atoms with Gasteiger partial charge in [-0.1, -0.05) is 0 Å². The molecular weight excluding hydrogens is 293 g/mol. The summed E-state index contributed by atoms with van der Waals surface area (Å²) in [6.45, 7) is 1.27. The van der Waals surface area contributed by atoms with Crippen molar-refractivity contribution >= 4 is 21.4 Å². The van der Waals surface area contributed by atoms with E-state index in [1.165, 1.54) is 24.3 Å². The average Bonchev–Trinajstić information content (AvgIpc) is 2.45. The molecule has 112 valence electrons. The highest BCUT2D eigenvalue weighted by atomic mass is 32.2. The van der Waals surface area contributed by atoms with Crippen molar-refractivity contribution in [2.75, 3.05) is 23.7 Å². The van der Waals surface area contributed by atoms with Crippen molar-refractivity contribution in [2.45, 2.75) is 4.90 Å². The van der Waals surface area contributed by atoms with Gasteiger partial charge in [-0.2, -0.15) is 0 Å². The van der Waals surface area contributed by atoms with Crippen LogP contribution in [0, 0.1) is 5.82 Å². The van der Waals surface area contributed by atoms with Crippen LogP contribution in [0.2, 0.25) is 0 Å². The minimum atomic E-state index is -3.66. The lowest BCUT2D eigenvalue weighted by molar-refractivity contribution is 0.598. The summed E-state index contributed by atoms with van der Waals surface area (Å²) < 4.78 is 34.9. The molecule has 7 heteroatoms. The Kier molecular flexibility index (Phi) is 4.77. The van der Waals surface area contributed by atoms with Crippen LogP contribution in [0.5, 0.6) is 0 Å². The van der Waals surface area contributed by atoms with Crippen LogP contribution in [0.4, 0.5) is 15.8 Å². The maximum absolute atomic E-state index is 12.7. The van der Waals surface area contributed by atoms with E-state index in [1.54, 1.807) is 24.3 Å². The lowest BCUT2D eigenvalue weighted by Crippen LogP contribution is -2.14. The maximum Gasteiger partial charge on any atom is 0.238 e. The summed E-state index contributed by atoms with van der Waals surface area (Å²) in [7, 11) is -3.66. The quantitative estimate of drug-likeness (QED) is 0.713. The Morgan fingerprint density at radius 3 is 1.71 bits per heavy atom. The summed E-state index contributed by atoms with van der Waals surface area (Å²) in [5.74, 6) is -0.270. The first-order valence-electron chi connectivity index (χ1n) is 6.31. The van der Waals surface area contributed by atoms with Gasteiger partial charge in [-0.25, -0.2) is 17.9 Å². The number of rotatable bonds is 6. The highest BCUT2D eigenvalue weighted by Crippen LogP contribution is 2.12. The first kappa shape index (κ1) is 15.3. The summed E-state index contributed by atoms with van der Waals surface area (Å²) >= 11 is 0. The number of nitrogens with two attached hydrogens (primary N) is 1. The fourth-order valence-electron chi connectivity index (χ4n) is 1.74. The molecule has 5 nitrogen and oxygen atoms in total. The van der Waals surface area contributed by atoms with Gasteiger partial charge in [-0.3, -0.25) is 0 Å². The van der Waals surface area contributed by atoms with Gasteiger partial charge in [-0.05, 0) is 48.5 Å². The summed E-state index contributed by atoms with van der Waals surface area (Å²) in [6.07, 6.45) is 0. The van der Waals surface area contributed by atoms with Gasteiger partial charge in [0.15, 0.2) is 0 Å². The van der Waals surface area contributed by atoms with Crippen molar-refractivity contribution in [1.29, 1.82) is 0 Å². The van der Waals surface area contributed by atoms with Crippen LogP contribution >= 0.6 is 0 Å². The van der Waals surface area contributed by atoms with Crippen molar-refractivity contribution in [3.63, 3.8) is 0 Å². The lowest BCUT2D eigenvalue weighted by Gasteiger charge is -2.09. The van der Waals surface area contributed by atoms with Crippen LogP contribution < -0.4 is 15.8 Å². The molecule has 0 aliphatic rings. The molecule has 0 bridgehead atoms. The molecule has 21 heavy (non-hydrogen) atoms. The SMILES string of the molecule is NS(=O)(=O)c1ccc(NCCNc2ccc(F)cc2)cc1.